The largest absolute Gasteiger partial charge is 0.368 e. The topological polar surface area (TPSA) is 92.9 Å². The molecule has 1 aromatic carbocycles. The molecule has 0 radical (unpaired) electrons. The minimum absolute atomic E-state index is 0.333. The van der Waals surface area contributed by atoms with E-state index in [9.17, 15) is 0 Å². The number of hydrogen-bond donors (Lipinski definition) is 1. The van der Waals surface area contributed by atoms with E-state index < -0.39 is 0 Å². The summed E-state index contributed by atoms with van der Waals surface area (Å²) >= 11 is 0. The van der Waals surface area contributed by atoms with Crippen LogP contribution in [0.3, 0.4) is 0 Å². The highest BCUT2D eigenvalue weighted by molar-refractivity contribution is 5.65. The summed E-state index contributed by atoms with van der Waals surface area (Å²) < 4.78 is 1.62. The van der Waals surface area contributed by atoms with Crippen LogP contribution in [0.25, 0.3) is 16.9 Å². The van der Waals surface area contributed by atoms with Crippen LogP contribution in [0.2, 0.25) is 0 Å². The Morgan fingerprint density at radius 2 is 1.88 bits per heavy atom. The van der Waals surface area contributed by atoms with Gasteiger partial charge in [-0.05, 0) is 18.1 Å². The van der Waals surface area contributed by atoms with Crippen molar-refractivity contribution in [2.75, 3.05) is 5.73 Å². The smallest absolute Gasteiger partial charge is 0.223 e. The molecule has 0 atom stereocenters. The number of nitrogen functional groups attached to an aromatic ring is 1. The summed E-state index contributed by atoms with van der Waals surface area (Å²) in [6.45, 7) is 0. The van der Waals surface area contributed by atoms with E-state index in [1.165, 1.54) is 32.1 Å². The monoisotopic (exact) mass is 332 g/mol. The maximum absolute atomic E-state index is 8.91. The molecule has 1 fully saturated rings. The van der Waals surface area contributed by atoms with Gasteiger partial charge < -0.3 is 5.73 Å². The Balaban J connectivity index is 1.65. The van der Waals surface area contributed by atoms with Gasteiger partial charge in [0, 0.05) is 18.1 Å². The summed E-state index contributed by atoms with van der Waals surface area (Å²) in [5, 5.41) is 13.5. The lowest BCUT2D eigenvalue weighted by Gasteiger charge is -2.19. The predicted molar refractivity (Wildman–Crippen MR) is 95.6 cm³/mol. The van der Waals surface area contributed by atoms with Crippen LogP contribution in [0.1, 0.15) is 43.5 Å². The first-order chi connectivity index (χ1) is 12.2. The minimum Gasteiger partial charge on any atom is -0.368 e. The maximum Gasteiger partial charge on any atom is 0.223 e. The molecule has 0 unspecified atom stereocenters. The predicted octanol–water partition coefficient (Wildman–Crippen LogP) is 3.37. The molecule has 0 bridgehead atoms. The van der Waals surface area contributed by atoms with Gasteiger partial charge in [-0.1, -0.05) is 44.2 Å². The normalized spacial score (nSPS) is 15.3. The van der Waals surface area contributed by atoms with Crippen LogP contribution in [0, 0.1) is 17.2 Å². The summed E-state index contributed by atoms with van der Waals surface area (Å²) in [7, 11) is 0. The second kappa shape index (κ2) is 6.52. The first-order valence-electron chi connectivity index (χ1n) is 8.75. The Bertz CT molecular complexity index is 929. The molecule has 2 aromatic heterocycles. The van der Waals surface area contributed by atoms with Gasteiger partial charge in [-0.3, -0.25) is 0 Å². The van der Waals surface area contributed by atoms with Crippen molar-refractivity contribution in [3.05, 3.63) is 41.7 Å². The number of nitriles is 1. The number of nitrogens with zero attached hydrogens (tertiary/aromatic N) is 5. The van der Waals surface area contributed by atoms with Gasteiger partial charge in [0.15, 0.2) is 11.5 Å². The van der Waals surface area contributed by atoms with Crippen molar-refractivity contribution in [3.63, 3.8) is 0 Å². The highest BCUT2D eigenvalue weighted by Crippen LogP contribution is 2.27. The molecule has 1 aliphatic rings. The lowest BCUT2D eigenvalue weighted by Crippen LogP contribution is -2.10. The SMILES string of the molecule is N#Cc1ccc(-c2cc3nc(CC4CCCCC4)nn3c(N)n2)cc1. The first kappa shape index (κ1) is 15.6. The lowest BCUT2D eigenvalue weighted by molar-refractivity contribution is 0.351. The van der Waals surface area contributed by atoms with Crippen LogP contribution >= 0.6 is 0 Å². The van der Waals surface area contributed by atoms with Gasteiger partial charge in [0.25, 0.3) is 0 Å². The zero-order chi connectivity index (χ0) is 17.2. The summed E-state index contributed by atoms with van der Waals surface area (Å²) in [4.78, 5) is 9.11. The van der Waals surface area contributed by atoms with E-state index in [0.717, 1.165) is 29.1 Å². The molecule has 126 valence electrons. The first-order valence-corrected chi connectivity index (χ1v) is 8.75. The second-order valence-corrected chi connectivity index (χ2v) is 6.69. The van der Waals surface area contributed by atoms with E-state index >= 15 is 0 Å². The summed E-state index contributed by atoms with van der Waals surface area (Å²) in [5.41, 5.74) is 9.08. The summed E-state index contributed by atoms with van der Waals surface area (Å²) in [6.07, 6.45) is 7.40. The van der Waals surface area contributed by atoms with Crippen LogP contribution < -0.4 is 5.73 Å². The van der Waals surface area contributed by atoms with E-state index in [4.69, 9.17) is 11.0 Å². The van der Waals surface area contributed by atoms with Gasteiger partial charge in [-0.15, -0.1) is 5.10 Å². The van der Waals surface area contributed by atoms with Crippen molar-refractivity contribution in [1.29, 1.82) is 5.26 Å². The van der Waals surface area contributed by atoms with E-state index in [-0.39, 0.29) is 0 Å². The number of rotatable bonds is 3. The number of nitrogens with two attached hydrogens (primary N) is 1. The minimum atomic E-state index is 0.333. The zero-order valence-electron chi connectivity index (χ0n) is 14.0. The van der Waals surface area contributed by atoms with E-state index in [1.54, 1.807) is 16.6 Å². The van der Waals surface area contributed by atoms with Crippen molar-refractivity contribution in [3.8, 4) is 17.3 Å². The molecule has 3 aromatic rings. The fraction of sp³-hybridized carbons (Fsp3) is 0.368. The second-order valence-electron chi connectivity index (χ2n) is 6.69. The number of benzene rings is 1. The molecule has 2 heterocycles. The highest BCUT2D eigenvalue weighted by Gasteiger charge is 2.17. The third-order valence-electron chi connectivity index (χ3n) is 4.90. The average Bonchev–Trinajstić information content (AvgIpc) is 3.05. The quantitative estimate of drug-likeness (QED) is 0.793. The van der Waals surface area contributed by atoms with Crippen LogP contribution in [-0.4, -0.2) is 19.6 Å². The molecule has 2 N–H and O–H groups in total. The van der Waals surface area contributed by atoms with E-state index in [1.807, 2.05) is 18.2 Å². The van der Waals surface area contributed by atoms with Crippen molar-refractivity contribution >= 4 is 11.6 Å². The van der Waals surface area contributed by atoms with Crippen molar-refractivity contribution in [2.24, 2.45) is 5.92 Å². The Morgan fingerprint density at radius 3 is 2.60 bits per heavy atom. The van der Waals surface area contributed by atoms with Crippen LogP contribution in [-0.2, 0) is 6.42 Å². The number of aromatic nitrogens is 4. The Kier molecular flexibility index (Phi) is 4.06. The molecule has 0 aliphatic heterocycles. The standard InChI is InChI=1S/C19H20N6/c20-12-14-6-8-15(9-7-14)16-11-18-23-17(24-25(18)19(21)22-16)10-13-4-2-1-3-5-13/h6-9,11,13H,1-5,10H2,(H2,21,22). The van der Waals surface area contributed by atoms with Crippen LogP contribution in [0.4, 0.5) is 5.95 Å². The maximum atomic E-state index is 8.91. The summed E-state index contributed by atoms with van der Waals surface area (Å²) in [6, 6.07) is 11.3. The van der Waals surface area contributed by atoms with Crippen molar-refractivity contribution in [2.45, 2.75) is 38.5 Å². The van der Waals surface area contributed by atoms with Crippen LogP contribution in [0.15, 0.2) is 30.3 Å². The Morgan fingerprint density at radius 1 is 1.12 bits per heavy atom. The summed E-state index contributed by atoms with van der Waals surface area (Å²) in [5.74, 6) is 1.86. The molecule has 0 spiro atoms. The molecule has 0 saturated heterocycles. The third kappa shape index (κ3) is 3.18. The number of fused-ring (bicyclic) bond motifs is 1. The molecular weight excluding hydrogens is 312 g/mol. The van der Waals surface area contributed by atoms with Gasteiger partial charge in [0.2, 0.25) is 5.95 Å². The lowest BCUT2D eigenvalue weighted by atomic mass is 9.87. The van der Waals surface area contributed by atoms with Gasteiger partial charge in [-0.2, -0.15) is 9.78 Å². The number of anilines is 1. The van der Waals surface area contributed by atoms with Gasteiger partial charge in [0.1, 0.15) is 0 Å². The van der Waals surface area contributed by atoms with Gasteiger partial charge in [-0.25, -0.2) is 9.97 Å². The van der Waals surface area contributed by atoms with Crippen molar-refractivity contribution < 1.29 is 0 Å². The number of hydrogen-bond acceptors (Lipinski definition) is 5. The van der Waals surface area contributed by atoms with Crippen molar-refractivity contribution in [1.82, 2.24) is 19.6 Å². The van der Waals surface area contributed by atoms with Gasteiger partial charge >= 0.3 is 0 Å². The van der Waals surface area contributed by atoms with Gasteiger partial charge in [0.05, 0.1) is 17.3 Å². The average molecular weight is 332 g/mol. The Hall–Kier alpha value is -2.94. The molecule has 1 aliphatic carbocycles. The molecular formula is C19H20N6. The molecule has 4 rings (SSSR count). The molecule has 6 heteroatoms. The fourth-order valence-corrected chi connectivity index (χ4v) is 3.56. The fourth-order valence-electron chi connectivity index (χ4n) is 3.56. The zero-order valence-corrected chi connectivity index (χ0v) is 14.0. The van der Waals surface area contributed by atoms with Crippen LogP contribution in [0.5, 0.6) is 0 Å². The van der Waals surface area contributed by atoms with E-state index in [2.05, 4.69) is 21.1 Å². The molecule has 6 nitrogen and oxygen atoms in total. The molecule has 0 amide bonds. The third-order valence-corrected chi connectivity index (χ3v) is 4.90. The molecule has 25 heavy (non-hydrogen) atoms. The highest BCUT2D eigenvalue weighted by atomic mass is 15.3. The van der Waals surface area contributed by atoms with E-state index in [0.29, 0.717) is 17.4 Å². The molecule has 1 saturated carbocycles. The Labute approximate surface area is 146 Å².